The van der Waals surface area contributed by atoms with Crippen LogP contribution in [0.4, 0.5) is 0 Å². The predicted molar refractivity (Wildman–Crippen MR) is 95.3 cm³/mol. The van der Waals surface area contributed by atoms with Crippen LogP contribution in [0, 0.1) is 0 Å². The van der Waals surface area contributed by atoms with Crippen molar-refractivity contribution in [3.63, 3.8) is 0 Å². The van der Waals surface area contributed by atoms with Gasteiger partial charge in [-0.1, -0.05) is 6.92 Å². The molecule has 1 aromatic carbocycles. The second-order valence-electron chi connectivity index (χ2n) is 6.82. The van der Waals surface area contributed by atoms with E-state index in [1.807, 2.05) is 4.90 Å². The van der Waals surface area contributed by atoms with Gasteiger partial charge < -0.3 is 9.64 Å². The molecule has 1 aromatic rings. The molecular weight excluding hydrogens is 340 g/mol. The lowest BCUT2D eigenvalue weighted by Crippen LogP contribution is -2.43. The third-order valence-electron chi connectivity index (χ3n) is 4.96. The van der Waals surface area contributed by atoms with Crippen molar-refractivity contribution in [1.29, 1.82) is 0 Å². The van der Waals surface area contributed by atoms with Gasteiger partial charge in [0.1, 0.15) is 10.6 Å². The highest BCUT2D eigenvalue weighted by atomic mass is 32.2. The summed E-state index contributed by atoms with van der Waals surface area (Å²) in [5.74, 6) is 0.160. The maximum absolute atomic E-state index is 13.0. The Labute approximate surface area is 149 Å². The summed E-state index contributed by atoms with van der Waals surface area (Å²) in [6.07, 6.45) is 5.75. The number of rotatable bonds is 6. The molecule has 1 saturated heterocycles. The molecule has 25 heavy (non-hydrogen) atoms. The molecule has 0 spiro atoms. The highest BCUT2D eigenvalue weighted by Gasteiger charge is 2.31. The smallest absolute Gasteiger partial charge is 0.254 e. The van der Waals surface area contributed by atoms with Crippen LogP contribution in [0.25, 0.3) is 0 Å². The molecule has 1 aliphatic heterocycles. The van der Waals surface area contributed by atoms with Crippen LogP contribution in [0.5, 0.6) is 5.75 Å². The number of carbonyl (C=O) groups excluding carboxylic acids is 1. The number of hydrogen-bond donors (Lipinski definition) is 1. The molecule has 0 unspecified atom stereocenters. The normalized spacial score (nSPS) is 21.2. The molecule has 2 fully saturated rings. The second-order valence-corrected chi connectivity index (χ2v) is 8.50. The summed E-state index contributed by atoms with van der Waals surface area (Å²) < 4.78 is 33.1. The number of nitrogens with one attached hydrogen (secondary N) is 1. The summed E-state index contributed by atoms with van der Waals surface area (Å²) >= 11 is 0. The average Bonchev–Trinajstić information content (AvgIpc) is 3.43. The van der Waals surface area contributed by atoms with Gasteiger partial charge in [0.2, 0.25) is 10.0 Å². The van der Waals surface area contributed by atoms with Gasteiger partial charge in [-0.2, -0.15) is 0 Å². The first-order valence-electron chi connectivity index (χ1n) is 8.97. The Hall–Kier alpha value is -1.60. The summed E-state index contributed by atoms with van der Waals surface area (Å²) in [6, 6.07) is 4.90. The predicted octanol–water partition coefficient (Wildman–Crippen LogP) is 2.54. The first-order valence-corrected chi connectivity index (χ1v) is 10.5. The number of piperidine rings is 1. The summed E-state index contributed by atoms with van der Waals surface area (Å²) in [7, 11) is -2.26. The number of benzene rings is 1. The SMILES string of the molecule is CC[C@@H]1CCCCN1C(=O)c1ccc(OC)c(S(=O)(=O)NC2CC2)c1. The van der Waals surface area contributed by atoms with Crippen LogP contribution in [0.3, 0.4) is 0 Å². The molecule has 0 bridgehead atoms. The van der Waals surface area contributed by atoms with Crippen molar-refractivity contribution >= 4 is 15.9 Å². The Morgan fingerprint density at radius 3 is 2.68 bits per heavy atom. The lowest BCUT2D eigenvalue weighted by atomic mass is 9.99. The van der Waals surface area contributed by atoms with Crippen LogP contribution in [0.1, 0.15) is 55.8 Å². The fraction of sp³-hybridized carbons (Fsp3) is 0.611. The van der Waals surface area contributed by atoms with E-state index in [-0.39, 0.29) is 28.6 Å². The minimum atomic E-state index is -3.69. The molecule has 1 saturated carbocycles. The van der Waals surface area contributed by atoms with E-state index in [1.54, 1.807) is 12.1 Å². The van der Waals surface area contributed by atoms with Crippen LogP contribution in [0.15, 0.2) is 23.1 Å². The molecule has 1 aliphatic carbocycles. The Kier molecular flexibility index (Phi) is 5.34. The maximum Gasteiger partial charge on any atom is 0.254 e. The lowest BCUT2D eigenvalue weighted by molar-refractivity contribution is 0.0607. The minimum absolute atomic E-state index is 0.000583. The number of amides is 1. The third-order valence-corrected chi connectivity index (χ3v) is 6.50. The molecule has 138 valence electrons. The van der Waals surface area contributed by atoms with Crippen molar-refractivity contribution < 1.29 is 17.9 Å². The van der Waals surface area contributed by atoms with E-state index in [0.717, 1.165) is 45.1 Å². The van der Waals surface area contributed by atoms with E-state index in [0.29, 0.717) is 5.56 Å². The van der Waals surface area contributed by atoms with Crippen LogP contribution >= 0.6 is 0 Å². The molecule has 2 aliphatic rings. The van der Waals surface area contributed by atoms with E-state index < -0.39 is 10.0 Å². The maximum atomic E-state index is 13.0. The number of likely N-dealkylation sites (tertiary alicyclic amines) is 1. The topological polar surface area (TPSA) is 75.7 Å². The van der Waals surface area contributed by atoms with Gasteiger partial charge in [-0.25, -0.2) is 13.1 Å². The van der Waals surface area contributed by atoms with Crippen LogP contribution in [-0.2, 0) is 10.0 Å². The first kappa shape index (κ1) is 18.2. The first-order chi connectivity index (χ1) is 12.0. The summed E-state index contributed by atoms with van der Waals surface area (Å²) in [6.45, 7) is 2.81. The quantitative estimate of drug-likeness (QED) is 0.839. The standard InChI is InChI=1S/C18H26N2O4S/c1-3-15-6-4-5-11-20(15)18(21)13-7-10-16(24-2)17(12-13)25(22,23)19-14-8-9-14/h7,10,12,14-15,19H,3-6,8-9,11H2,1-2H3/t15-/m1/s1. The molecule has 3 rings (SSSR count). The number of sulfonamides is 1. The molecule has 1 amide bonds. The van der Waals surface area contributed by atoms with E-state index in [1.165, 1.54) is 13.2 Å². The van der Waals surface area contributed by atoms with E-state index in [4.69, 9.17) is 4.74 Å². The van der Waals surface area contributed by atoms with Gasteiger partial charge in [0.15, 0.2) is 0 Å². The molecule has 1 heterocycles. The van der Waals surface area contributed by atoms with Crippen molar-refractivity contribution in [1.82, 2.24) is 9.62 Å². The number of nitrogens with zero attached hydrogens (tertiary/aromatic N) is 1. The van der Waals surface area contributed by atoms with Gasteiger partial charge in [0, 0.05) is 24.2 Å². The molecule has 0 aromatic heterocycles. The summed E-state index contributed by atoms with van der Waals surface area (Å²) in [5, 5.41) is 0. The number of carbonyl (C=O) groups is 1. The van der Waals surface area contributed by atoms with Crippen LogP contribution in [-0.4, -0.2) is 45.0 Å². The molecular formula is C18H26N2O4S. The second kappa shape index (κ2) is 7.33. The van der Waals surface area contributed by atoms with E-state index >= 15 is 0 Å². The van der Waals surface area contributed by atoms with Crippen molar-refractivity contribution in [3.05, 3.63) is 23.8 Å². The van der Waals surface area contributed by atoms with Crippen molar-refractivity contribution in [2.75, 3.05) is 13.7 Å². The Morgan fingerprint density at radius 2 is 2.04 bits per heavy atom. The van der Waals surface area contributed by atoms with Crippen molar-refractivity contribution in [2.45, 2.75) is 62.4 Å². The third kappa shape index (κ3) is 3.98. The fourth-order valence-electron chi connectivity index (χ4n) is 3.36. The Bertz CT molecular complexity index is 743. The Balaban J connectivity index is 1.91. The van der Waals surface area contributed by atoms with Gasteiger partial charge in [-0.3, -0.25) is 4.79 Å². The number of ether oxygens (including phenoxy) is 1. The highest BCUT2D eigenvalue weighted by molar-refractivity contribution is 7.89. The van der Waals surface area contributed by atoms with E-state index in [9.17, 15) is 13.2 Å². The highest BCUT2D eigenvalue weighted by Crippen LogP contribution is 2.29. The van der Waals surface area contributed by atoms with E-state index in [2.05, 4.69) is 11.6 Å². The monoisotopic (exact) mass is 366 g/mol. The van der Waals surface area contributed by atoms with Crippen molar-refractivity contribution in [2.24, 2.45) is 0 Å². The zero-order valence-corrected chi connectivity index (χ0v) is 15.6. The van der Waals surface area contributed by atoms with Gasteiger partial charge in [0.05, 0.1) is 7.11 Å². The Morgan fingerprint density at radius 1 is 1.28 bits per heavy atom. The fourth-order valence-corrected chi connectivity index (χ4v) is 4.86. The van der Waals surface area contributed by atoms with Crippen LogP contribution in [0.2, 0.25) is 0 Å². The largest absolute Gasteiger partial charge is 0.495 e. The minimum Gasteiger partial charge on any atom is -0.495 e. The zero-order chi connectivity index (χ0) is 18.0. The van der Waals surface area contributed by atoms with Crippen molar-refractivity contribution in [3.8, 4) is 5.75 Å². The summed E-state index contributed by atoms with van der Waals surface area (Å²) in [5.41, 5.74) is 0.400. The summed E-state index contributed by atoms with van der Waals surface area (Å²) in [4.78, 5) is 14.9. The number of hydrogen-bond acceptors (Lipinski definition) is 4. The molecule has 7 heteroatoms. The molecule has 0 radical (unpaired) electrons. The van der Waals surface area contributed by atoms with Gasteiger partial charge >= 0.3 is 0 Å². The van der Waals surface area contributed by atoms with Crippen LogP contribution < -0.4 is 9.46 Å². The zero-order valence-electron chi connectivity index (χ0n) is 14.8. The average molecular weight is 366 g/mol. The number of methoxy groups -OCH3 is 1. The van der Waals surface area contributed by atoms with Gasteiger partial charge in [-0.05, 0) is 56.7 Å². The van der Waals surface area contributed by atoms with Gasteiger partial charge in [-0.15, -0.1) is 0 Å². The lowest BCUT2D eigenvalue weighted by Gasteiger charge is -2.35. The van der Waals surface area contributed by atoms with Gasteiger partial charge in [0.25, 0.3) is 5.91 Å². The molecule has 6 nitrogen and oxygen atoms in total. The molecule has 1 N–H and O–H groups in total. The molecule has 1 atom stereocenters.